The number of likely N-dealkylation sites (tertiary alicyclic amines) is 1. The molecule has 0 atom stereocenters. The molecule has 2 aromatic rings. The molecule has 0 aromatic heterocycles. The van der Waals surface area contributed by atoms with E-state index in [4.69, 9.17) is 4.74 Å². The molecule has 1 aliphatic rings. The van der Waals surface area contributed by atoms with Crippen molar-refractivity contribution < 1.29 is 14.3 Å². The number of alkyl carbamates (subject to hydrolysis) is 1. The first-order valence-electron chi connectivity index (χ1n) is 13.1. The Morgan fingerprint density at radius 3 is 2.14 bits per heavy atom. The van der Waals surface area contributed by atoms with Crippen molar-refractivity contribution in [1.29, 1.82) is 0 Å². The van der Waals surface area contributed by atoms with E-state index >= 15 is 0 Å². The van der Waals surface area contributed by atoms with E-state index in [-0.39, 0.29) is 12.1 Å². The number of ether oxygens (including phenoxy) is 1. The largest absolute Gasteiger partial charge is 0.444 e. The summed E-state index contributed by atoms with van der Waals surface area (Å²) in [7, 11) is 0. The average molecular weight is 495 g/mol. The minimum absolute atomic E-state index is 0.0432. The highest BCUT2D eigenvalue weighted by atomic mass is 16.6. The van der Waals surface area contributed by atoms with Gasteiger partial charge in [-0.05, 0) is 83.1 Å². The summed E-state index contributed by atoms with van der Waals surface area (Å²) in [6.07, 6.45) is 4.14. The lowest BCUT2D eigenvalue weighted by molar-refractivity contribution is 0.0528. The molecule has 3 N–H and O–H groups in total. The van der Waals surface area contributed by atoms with Crippen molar-refractivity contribution >= 4 is 17.8 Å². The van der Waals surface area contributed by atoms with Crippen LogP contribution in [0.15, 0.2) is 48.5 Å². The molecule has 3 amide bonds. The number of hydrogen-bond acceptors (Lipinski definition) is 4. The van der Waals surface area contributed by atoms with Crippen molar-refractivity contribution in [1.82, 2.24) is 15.5 Å². The number of benzene rings is 2. The average Bonchev–Trinajstić information content (AvgIpc) is 2.83. The number of anilines is 1. The highest BCUT2D eigenvalue weighted by molar-refractivity contribution is 5.74. The van der Waals surface area contributed by atoms with Crippen LogP contribution < -0.4 is 16.0 Å². The zero-order valence-corrected chi connectivity index (χ0v) is 22.2. The van der Waals surface area contributed by atoms with E-state index in [2.05, 4.69) is 71.4 Å². The fourth-order valence-electron chi connectivity index (χ4n) is 4.21. The quantitative estimate of drug-likeness (QED) is 0.414. The van der Waals surface area contributed by atoms with Crippen molar-refractivity contribution in [3.05, 3.63) is 65.2 Å². The molecule has 3 rings (SSSR count). The summed E-state index contributed by atoms with van der Waals surface area (Å²) in [5.41, 5.74) is 4.33. The number of piperidine rings is 1. The zero-order valence-electron chi connectivity index (χ0n) is 22.2. The lowest BCUT2D eigenvalue weighted by atomic mass is 10.0. The number of carbonyl (C=O) groups is 2. The van der Waals surface area contributed by atoms with Gasteiger partial charge in [0, 0.05) is 37.9 Å². The fraction of sp³-hybridized carbons (Fsp3) is 0.517. The standard InChI is InChI=1S/C29H42N4O3/c1-22-7-9-23(10-8-22)6-5-18-30-27(34)33-20-16-26(17-21-33)32-25-13-11-24(12-14-25)15-19-31-28(35)36-29(2,3)4/h7-14,26,32H,5-6,15-21H2,1-4H3,(H,30,34)(H,31,35). The van der Waals surface area contributed by atoms with Gasteiger partial charge >= 0.3 is 12.1 Å². The molecule has 7 nitrogen and oxygen atoms in total. The van der Waals surface area contributed by atoms with Crippen LogP contribution in [0.3, 0.4) is 0 Å². The van der Waals surface area contributed by atoms with E-state index < -0.39 is 5.60 Å². The van der Waals surface area contributed by atoms with E-state index in [0.29, 0.717) is 19.1 Å². The molecule has 1 heterocycles. The maximum atomic E-state index is 12.5. The number of hydrogen-bond donors (Lipinski definition) is 3. The summed E-state index contributed by atoms with van der Waals surface area (Å²) < 4.78 is 5.26. The van der Waals surface area contributed by atoms with Gasteiger partial charge < -0.3 is 25.6 Å². The third-order valence-corrected chi connectivity index (χ3v) is 6.23. The van der Waals surface area contributed by atoms with Crippen LogP contribution in [0.4, 0.5) is 15.3 Å². The second-order valence-electron chi connectivity index (χ2n) is 10.6. The van der Waals surface area contributed by atoms with Crippen molar-refractivity contribution in [2.24, 2.45) is 0 Å². The molecule has 2 aromatic carbocycles. The molecule has 0 bridgehead atoms. The van der Waals surface area contributed by atoms with Crippen molar-refractivity contribution in [2.75, 3.05) is 31.5 Å². The molecular formula is C29H42N4O3. The molecule has 1 fully saturated rings. The molecule has 1 aliphatic heterocycles. The summed E-state index contributed by atoms with van der Waals surface area (Å²) >= 11 is 0. The van der Waals surface area contributed by atoms with Crippen LogP contribution in [0.2, 0.25) is 0 Å². The van der Waals surface area contributed by atoms with Gasteiger partial charge in [0.25, 0.3) is 0 Å². The number of urea groups is 1. The highest BCUT2D eigenvalue weighted by Crippen LogP contribution is 2.18. The molecular weight excluding hydrogens is 452 g/mol. The Labute approximate surface area is 216 Å². The van der Waals surface area contributed by atoms with Crippen LogP contribution in [-0.4, -0.2) is 54.8 Å². The lowest BCUT2D eigenvalue weighted by Gasteiger charge is -2.33. The topological polar surface area (TPSA) is 82.7 Å². The molecule has 0 saturated carbocycles. The number of aryl methyl sites for hydroxylation is 2. The monoisotopic (exact) mass is 494 g/mol. The Morgan fingerprint density at radius 1 is 0.889 bits per heavy atom. The maximum Gasteiger partial charge on any atom is 0.407 e. The maximum absolute atomic E-state index is 12.5. The van der Waals surface area contributed by atoms with Crippen molar-refractivity contribution in [2.45, 2.75) is 71.4 Å². The zero-order chi connectivity index (χ0) is 26.0. The summed E-state index contributed by atoms with van der Waals surface area (Å²) in [6, 6.07) is 17.3. The molecule has 7 heteroatoms. The van der Waals surface area contributed by atoms with Gasteiger partial charge in [-0.2, -0.15) is 0 Å². The normalized spacial score (nSPS) is 14.3. The molecule has 0 spiro atoms. The summed E-state index contributed by atoms with van der Waals surface area (Å²) in [4.78, 5) is 26.2. The van der Waals surface area contributed by atoms with Gasteiger partial charge in [-0.1, -0.05) is 42.0 Å². The van der Waals surface area contributed by atoms with Crippen molar-refractivity contribution in [3.63, 3.8) is 0 Å². The van der Waals surface area contributed by atoms with Gasteiger partial charge in [0.05, 0.1) is 0 Å². The van der Waals surface area contributed by atoms with Crippen molar-refractivity contribution in [3.8, 4) is 0 Å². The van der Waals surface area contributed by atoms with Crippen LogP contribution in [0.1, 0.15) is 56.7 Å². The minimum atomic E-state index is -0.487. The number of carbonyl (C=O) groups excluding carboxylic acids is 2. The predicted octanol–water partition coefficient (Wildman–Crippen LogP) is 5.28. The number of nitrogens with zero attached hydrogens (tertiary/aromatic N) is 1. The van der Waals surface area contributed by atoms with Crippen LogP contribution in [-0.2, 0) is 17.6 Å². The number of nitrogens with one attached hydrogen (secondary N) is 3. The van der Waals surface area contributed by atoms with E-state index in [1.807, 2.05) is 25.7 Å². The Balaban J connectivity index is 1.30. The number of rotatable bonds is 9. The fourth-order valence-corrected chi connectivity index (χ4v) is 4.21. The van der Waals surface area contributed by atoms with E-state index in [0.717, 1.165) is 56.4 Å². The Kier molecular flexibility index (Phi) is 10.0. The molecule has 0 aliphatic carbocycles. The van der Waals surface area contributed by atoms with Gasteiger partial charge in [0.1, 0.15) is 5.60 Å². The number of amides is 3. The molecule has 36 heavy (non-hydrogen) atoms. The Hall–Kier alpha value is -3.22. The van der Waals surface area contributed by atoms with Gasteiger partial charge in [0.2, 0.25) is 0 Å². The molecule has 0 unspecified atom stereocenters. The van der Waals surface area contributed by atoms with Crippen LogP contribution in [0, 0.1) is 6.92 Å². The van der Waals surface area contributed by atoms with Crippen LogP contribution in [0.25, 0.3) is 0 Å². The van der Waals surface area contributed by atoms with Crippen LogP contribution >= 0.6 is 0 Å². The first-order valence-corrected chi connectivity index (χ1v) is 13.1. The third-order valence-electron chi connectivity index (χ3n) is 6.23. The van der Waals surface area contributed by atoms with Gasteiger partial charge in [-0.25, -0.2) is 9.59 Å². The minimum Gasteiger partial charge on any atom is -0.444 e. The smallest absolute Gasteiger partial charge is 0.407 e. The van der Waals surface area contributed by atoms with Gasteiger partial charge in [0.15, 0.2) is 0 Å². The van der Waals surface area contributed by atoms with Gasteiger partial charge in [-0.3, -0.25) is 0 Å². The molecule has 0 radical (unpaired) electrons. The molecule has 196 valence electrons. The van der Waals surface area contributed by atoms with E-state index in [1.54, 1.807) is 0 Å². The first-order chi connectivity index (χ1) is 17.2. The second kappa shape index (κ2) is 13.2. The predicted molar refractivity (Wildman–Crippen MR) is 145 cm³/mol. The van der Waals surface area contributed by atoms with E-state index in [1.165, 1.54) is 11.1 Å². The summed E-state index contributed by atoms with van der Waals surface area (Å²) in [6.45, 7) is 10.4. The van der Waals surface area contributed by atoms with Gasteiger partial charge in [-0.15, -0.1) is 0 Å². The molecule has 1 saturated heterocycles. The lowest BCUT2D eigenvalue weighted by Crippen LogP contribution is -2.47. The SMILES string of the molecule is Cc1ccc(CCCNC(=O)N2CCC(Nc3ccc(CCNC(=O)OC(C)(C)C)cc3)CC2)cc1. The third kappa shape index (κ3) is 9.80. The van der Waals surface area contributed by atoms with E-state index in [9.17, 15) is 9.59 Å². The first kappa shape index (κ1) is 27.4. The highest BCUT2D eigenvalue weighted by Gasteiger charge is 2.22. The summed E-state index contributed by atoms with van der Waals surface area (Å²) in [5, 5.41) is 9.46. The Bertz CT molecular complexity index is 960. The summed E-state index contributed by atoms with van der Waals surface area (Å²) in [5.74, 6) is 0. The second-order valence-corrected chi connectivity index (χ2v) is 10.6. The Morgan fingerprint density at radius 2 is 1.50 bits per heavy atom. The van der Waals surface area contributed by atoms with Crippen LogP contribution in [0.5, 0.6) is 0 Å².